The summed E-state index contributed by atoms with van der Waals surface area (Å²) in [5.74, 6) is 1.97. The zero-order valence-electron chi connectivity index (χ0n) is 13.4. The molecule has 1 N–H and O–H groups in total. The monoisotopic (exact) mass is 289 g/mol. The summed E-state index contributed by atoms with van der Waals surface area (Å²) in [6, 6.07) is 0. The van der Waals surface area contributed by atoms with Crippen LogP contribution < -0.4 is 5.32 Å². The molecule has 2 aliphatic rings. The largest absolute Gasteiger partial charge is 0.370 e. The van der Waals surface area contributed by atoms with E-state index in [2.05, 4.69) is 12.2 Å². The molecule has 3 rings (SSSR count). The van der Waals surface area contributed by atoms with Crippen molar-refractivity contribution in [1.29, 1.82) is 0 Å². The van der Waals surface area contributed by atoms with Crippen molar-refractivity contribution in [3.63, 3.8) is 0 Å². The Hall–Kier alpha value is -1.16. The summed E-state index contributed by atoms with van der Waals surface area (Å²) in [7, 11) is 1.81. The Kier molecular flexibility index (Phi) is 4.43. The average Bonchev–Trinajstić information content (AvgIpc) is 2.87. The minimum Gasteiger partial charge on any atom is -0.370 e. The van der Waals surface area contributed by atoms with E-state index in [0.29, 0.717) is 0 Å². The predicted octanol–water partition coefficient (Wildman–Crippen LogP) is 3.59. The summed E-state index contributed by atoms with van der Waals surface area (Å²) in [5.41, 5.74) is 2.37. The molecule has 4 nitrogen and oxygen atoms in total. The van der Waals surface area contributed by atoms with Gasteiger partial charge in [-0.05, 0) is 58.3 Å². The van der Waals surface area contributed by atoms with Crippen LogP contribution in [0.3, 0.4) is 0 Å². The van der Waals surface area contributed by atoms with Crippen molar-refractivity contribution >= 4 is 5.82 Å². The molecule has 1 fully saturated rings. The number of aromatic nitrogens is 2. The van der Waals surface area contributed by atoms with Crippen molar-refractivity contribution in [3.05, 3.63) is 17.1 Å². The standard InChI is InChI=1S/C17H27N3O/c1-3-18-15-13-9-5-4-6-10-14(13)19-16(20-15)17(21-2)11-7-8-12-17/h3-12H2,1-2H3,(H,18,19,20). The first-order valence-electron chi connectivity index (χ1n) is 8.48. The van der Waals surface area contributed by atoms with Gasteiger partial charge in [0, 0.05) is 24.9 Å². The first-order chi connectivity index (χ1) is 10.3. The van der Waals surface area contributed by atoms with Gasteiger partial charge in [0.1, 0.15) is 11.4 Å². The van der Waals surface area contributed by atoms with Crippen molar-refractivity contribution in [2.24, 2.45) is 0 Å². The van der Waals surface area contributed by atoms with Gasteiger partial charge in [0.2, 0.25) is 0 Å². The van der Waals surface area contributed by atoms with Crippen LogP contribution >= 0.6 is 0 Å². The number of fused-ring (bicyclic) bond motifs is 1. The number of hydrogen-bond acceptors (Lipinski definition) is 4. The molecule has 2 aliphatic carbocycles. The van der Waals surface area contributed by atoms with Crippen molar-refractivity contribution in [2.75, 3.05) is 19.0 Å². The molecule has 116 valence electrons. The molecular formula is C17H27N3O. The summed E-state index contributed by atoms with van der Waals surface area (Å²) in [5, 5.41) is 3.46. The van der Waals surface area contributed by atoms with Gasteiger partial charge in [0.05, 0.1) is 0 Å². The number of methoxy groups -OCH3 is 1. The number of aryl methyl sites for hydroxylation is 1. The average molecular weight is 289 g/mol. The molecule has 0 aromatic carbocycles. The molecule has 0 spiro atoms. The Labute approximate surface area is 127 Å². The highest BCUT2D eigenvalue weighted by atomic mass is 16.5. The Morgan fingerprint density at radius 2 is 1.81 bits per heavy atom. The third-order valence-corrected chi connectivity index (χ3v) is 4.99. The van der Waals surface area contributed by atoms with Gasteiger partial charge >= 0.3 is 0 Å². The summed E-state index contributed by atoms with van der Waals surface area (Å²) in [6.45, 7) is 3.04. The molecule has 0 unspecified atom stereocenters. The highest BCUT2D eigenvalue weighted by molar-refractivity contribution is 5.48. The van der Waals surface area contributed by atoms with E-state index in [-0.39, 0.29) is 5.60 Å². The van der Waals surface area contributed by atoms with E-state index in [1.165, 1.54) is 43.4 Å². The Balaban J connectivity index is 2.05. The third-order valence-electron chi connectivity index (χ3n) is 4.99. The maximum atomic E-state index is 5.89. The van der Waals surface area contributed by atoms with Crippen molar-refractivity contribution in [2.45, 2.75) is 70.3 Å². The maximum absolute atomic E-state index is 5.89. The molecule has 0 saturated heterocycles. The van der Waals surface area contributed by atoms with E-state index < -0.39 is 0 Å². The van der Waals surface area contributed by atoms with Gasteiger partial charge in [-0.25, -0.2) is 9.97 Å². The van der Waals surface area contributed by atoms with Crippen LogP contribution in [0.5, 0.6) is 0 Å². The Morgan fingerprint density at radius 1 is 1.05 bits per heavy atom. The number of hydrogen-bond donors (Lipinski definition) is 1. The molecule has 0 amide bonds. The first-order valence-corrected chi connectivity index (χ1v) is 8.48. The fourth-order valence-corrected chi connectivity index (χ4v) is 3.75. The molecule has 1 aromatic rings. The second kappa shape index (κ2) is 6.30. The van der Waals surface area contributed by atoms with Crippen LogP contribution in [-0.2, 0) is 23.2 Å². The Bertz CT molecular complexity index is 495. The van der Waals surface area contributed by atoms with E-state index in [1.807, 2.05) is 7.11 Å². The smallest absolute Gasteiger partial charge is 0.162 e. The second-order valence-electron chi connectivity index (χ2n) is 6.32. The molecule has 1 saturated carbocycles. The van der Waals surface area contributed by atoms with E-state index in [9.17, 15) is 0 Å². The van der Waals surface area contributed by atoms with Crippen LogP contribution in [0, 0.1) is 0 Å². The zero-order chi connectivity index (χ0) is 14.7. The fourth-order valence-electron chi connectivity index (χ4n) is 3.75. The summed E-state index contributed by atoms with van der Waals surface area (Å²) in [6.07, 6.45) is 10.5. The number of rotatable bonds is 4. The van der Waals surface area contributed by atoms with Crippen LogP contribution in [-0.4, -0.2) is 23.6 Å². The van der Waals surface area contributed by atoms with Crippen LogP contribution in [0.4, 0.5) is 5.82 Å². The van der Waals surface area contributed by atoms with Crippen molar-refractivity contribution in [3.8, 4) is 0 Å². The van der Waals surface area contributed by atoms with Crippen LogP contribution in [0.2, 0.25) is 0 Å². The molecule has 0 bridgehead atoms. The fraction of sp³-hybridized carbons (Fsp3) is 0.765. The van der Waals surface area contributed by atoms with E-state index in [1.54, 1.807) is 0 Å². The lowest BCUT2D eigenvalue weighted by molar-refractivity contribution is -0.0163. The van der Waals surface area contributed by atoms with E-state index in [4.69, 9.17) is 14.7 Å². The number of nitrogens with zero attached hydrogens (tertiary/aromatic N) is 2. The summed E-state index contributed by atoms with van der Waals surface area (Å²) < 4.78 is 5.89. The van der Waals surface area contributed by atoms with Gasteiger partial charge < -0.3 is 10.1 Å². The molecule has 21 heavy (non-hydrogen) atoms. The van der Waals surface area contributed by atoms with Gasteiger partial charge in [-0.2, -0.15) is 0 Å². The van der Waals surface area contributed by atoms with Crippen molar-refractivity contribution in [1.82, 2.24) is 9.97 Å². The number of nitrogens with one attached hydrogen (secondary N) is 1. The van der Waals surface area contributed by atoms with Crippen molar-refractivity contribution < 1.29 is 4.74 Å². The molecule has 0 aliphatic heterocycles. The molecule has 0 radical (unpaired) electrons. The molecule has 1 aromatic heterocycles. The molecule has 0 atom stereocenters. The summed E-state index contributed by atoms with van der Waals surface area (Å²) >= 11 is 0. The quantitative estimate of drug-likeness (QED) is 0.860. The van der Waals surface area contributed by atoms with Gasteiger partial charge in [0.25, 0.3) is 0 Å². The van der Waals surface area contributed by atoms with Gasteiger partial charge in [-0.3, -0.25) is 0 Å². The Morgan fingerprint density at radius 3 is 2.52 bits per heavy atom. The maximum Gasteiger partial charge on any atom is 0.162 e. The molecule has 4 heteroatoms. The minimum atomic E-state index is -0.245. The minimum absolute atomic E-state index is 0.245. The van der Waals surface area contributed by atoms with E-state index >= 15 is 0 Å². The number of ether oxygens (including phenoxy) is 1. The normalized spacial score (nSPS) is 20.9. The zero-order valence-corrected chi connectivity index (χ0v) is 13.4. The molecular weight excluding hydrogens is 262 g/mol. The SMILES string of the molecule is CCNc1nc(C2(OC)CCCC2)nc2c1CCCCC2. The topological polar surface area (TPSA) is 47.0 Å². The summed E-state index contributed by atoms with van der Waals surface area (Å²) in [4.78, 5) is 9.86. The second-order valence-corrected chi connectivity index (χ2v) is 6.32. The van der Waals surface area contributed by atoms with Crippen LogP contribution in [0.1, 0.15) is 69.0 Å². The predicted molar refractivity (Wildman–Crippen MR) is 84.6 cm³/mol. The lowest BCUT2D eigenvalue weighted by Crippen LogP contribution is -2.29. The first kappa shape index (κ1) is 14.8. The van der Waals surface area contributed by atoms with Crippen LogP contribution in [0.15, 0.2) is 0 Å². The van der Waals surface area contributed by atoms with Gasteiger partial charge in [-0.1, -0.05) is 6.42 Å². The van der Waals surface area contributed by atoms with E-state index in [0.717, 1.165) is 43.9 Å². The molecule has 1 heterocycles. The van der Waals surface area contributed by atoms with Crippen LogP contribution in [0.25, 0.3) is 0 Å². The lowest BCUT2D eigenvalue weighted by Gasteiger charge is -2.27. The third kappa shape index (κ3) is 2.78. The van der Waals surface area contributed by atoms with Gasteiger partial charge in [0.15, 0.2) is 5.82 Å². The van der Waals surface area contributed by atoms with Gasteiger partial charge in [-0.15, -0.1) is 0 Å². The number of anilines is 1. The lowest BCUT2D eigenvalue weighted by atomic mass is 9.99. The highest BCUT2D eigenvalue weighted by Crippen LogP contribution is 2.41. The highest BCUT2D eigenvalue weighted by Gasteiger charge is 2.39.